The quantitative estimate of drug-likeness (QED) is 0.503. The van der Waals surface area contributed by atoms with Crippen molar-refractivity contribution in [2.75, 3.05) is 11.9 Å². The smallest absolute Gasteiger partial charge is 0.224 e. The van der Waals surface area contributed by atoms with E-state index in [0.29, 0.717) is 5.82 Å². The molecule has 2 heterocycles. The van der Waals surface area contributed by atoms with Crippen LogP contribution in [0.2, 0.25) is 5.28 Å². The third-order valence-corrected chi connectivity index (χ3v) is 7.40. The molecule has 20 heavy (non-hydrogen) atoms. The molecule has 7 heteroatoms. The van der Waals surface area contributed by atoms with E-state index in [-0.39, 0.29) is 22.2 Å². The lowest BCUT2D eigenvalue weighted by Gasteiger charge is -2.41. The Balaban J connectivity index is 1.75. The molecule has 1 unspecified atom stereocenters. The van der Waals surface area contributed by atoms with Crippen LogP contribution in [-0.4, -0.2) is 32.0 Å². The van der Waals surface area contributed by atoms with Crippen LogP contribution in [-0.2, 0) is 21.4 Å². The van der Waals surface area contributed by atoms with Gasteiger partial charge in [-0.25, -0.2) is 4.98 Å². The summed E-state index contributed by atoms with van der Waals surface area (Å²) < 4.78 is 12.6. The van der Waals surface area contributed by atoms with Gasteiger partial charge in [-0.1, -0.05) is 0 Å². The minimum atomic E-state index is -1.46. The average molecular weight is 315 g/mol. The number of hydrogen-bond donors (Lipinski definition) is 2. The third-order valence-electron chi connectivity index (χ3n) is 4.88. The maximum Gasteiger partial charge on any atom is 0.224 e. The van der Waals surface area contributed by atoms with Crippen molar-refractivity contribution in [2.24, 2.45) is 0 Å². The summed E-state index contributed by atoms with van der Waals surface area (Å²) in [6, 6.07) is 0. The van der Waals surface area contributed by atoms with Crippen LogP contribution < -0.4 is 5.32 Å². The normalized spacial score (nSPS) is 28.0. The molecule has 1 aliphatic heterocycles. The van der Waals surface area contributed by atoms with Crippen molar-refractivity contribution in [1.82, 2.24) is 9.97 Å². The highest BCUT2D eigenvalue weighted by atomic mass is 35.5. The van der Waals surface area contributed by atoms with Gasteiger partial charge in [-0.15, -0.1) is 4.21 Å². The molecule has 108 valence electrons. The zero-order valence-electron chi connectivity index (χ0n) is 11.0. The largest absolute Gasteiger partial charge is 0.394 e. The van der Waals surface area contributed by atoms with E-state index in [1.165, 1.54) is 0 Å². The number of nitrogens with zero attached hydrogens (tertiary/aromatic N) is 2. The van der Waals surface area contributed by atoms with Crippen LogP contribution in [0.3, 0.4) is 0 Å². The Morgan fingerprint density at radius 1 is 1.30 bits per heavy atom. The number of hydrogen-bond acceptors (Lipinski definition) is 5. The molecule has 5 nitrogen and oxygen atoms in total. The van der Waals surface area contributed by atoms with Crippen molar-refractivity contribution in [3.63, 3.8) is 0 Å². The van der Waals surface area contributed by atoms with Gasteiger partial charge in [-0.05, 0) is 30.9 Å². The fourth-order valence-corrected chi connectivity index (χ4v) is 5.35. The highest BCUT2D eigenvalue weighted by Gasteiger charge is 2.62. The maximum absolute atomic E-state index is 12.7. The Morgan fingerprint density at radius 3 is 2.60 bits per heavy atom. The molecule has 1 aromatic heterocycles. The van der Waals surface area contributed by atoms with E-state index in [1.54, 1.807) is 0 Å². The number of aromatic nitrogens is 2. The zero-order valence-corrected chi connectivity index (χ0v) is 12.7. The van der Waals surface area contributed by atoms with Gasteiger partial charge in [0.2, 0.25) is 10.2 Å². The van der Waals surface area contributed by atoms with Crippen molar-refractivity contribution in [3.05, 3.63) is 11.0 Å². The SMILES string of the molecule is O=[SH+]1c2c(nc(Cl)nc2NC2(CO)CCC2)CC12CC2. The summed E-state index contributed by atoms with van der Waals surface area (Å²) in [6.45, 7) is 0.0608. The number of fused-ring (bicyclic) bond motifs is 1. The highest BCUT2D eigenvalue weighted by molar-refractivity contribution is 7.87. The van der Waals surface area contributed by atoms with Crippen molar-refractivity contribution in [3.8, 4) is 0 Å². The second-order valence-electron chi connectivity index (χ2n) is 6.25. The Morgan fingerprint density at radius 2 is 2.05 bits per heavy atom. The Labute approximate surface area is 124 Å². The predicted molar refractivity (Wildman–Crippen MR) is 77.7 cm³/mol. The number of rotatable bonds is 3. The average Bonchev–Trinajstić information content (AvgIpc) is 3.07. The van der Waals surface area contributed by atoms with Crippen LogP contribution in [0.15, 0.2) is 4.90 Å². The van der Waals surface area contributed by atoms with Crippen molar-refractivity contribution < 1.29 is 9.32 Å². The second-order valence-corrected chi connectivity index (χ2v) is 8.57. The first-order valence-electron chi connectivity index (χ1n) is 7.00. The molecule has 0 saturated heterocycles. The van der Waals surface area contributed by atoms with Gasteiger partial charge in [0.25, 0.3) is 0 Å². The number of aliphatic hydroxyl groups is 1. The molecule has 2 saturated carbocycles. The standard InChI is InChI=1S/C13H16ClN3O2S/c14-11-15-8-6-13(4-5-13)20(19)9(8)10(16-11)17-12(7-18)2-1-3-12/h18H,1-7H2,(H,15,16,17)/p+1. The number of halogens is 1. The first kappa shape index (κ1) is 13.0. The van der Waals surface area contributed by atoms with Gasteiger partial charge in [0, 0.05) is 19.3 Å². The zero-order chi connectivity index (χ0) is 14.0. The molecule has 0 bridgehead atoms. The fourth-order valence-electron chi connectivity index (χ4n) is 3.22. The van der Waals surface area contributed by atoms with Gasteiger partial charge < -0.3 is 10.4 Å². The molecule has 2 N–H and O–H groups in total. The van der Waals surface area contributed by atoms with E-state index in [9.17, 15) is 9.32 Å². The Kier molecular flexibility index (Phi) is 2.69. The van der Waals surface area contributed by atoms with Crippen molar-refractivity contribution >= 4 is 28.2 Å². The molecule has 2 aliphatic carbocycles. The molecule has 0 amide bonds. The number of anilines is 1. The molecular formula is C13H17ClN3O2S+. The summed E-state index contributed by atoms with van der Waals surface area (Å²) in [4.78, 5) is 9.27. The lowest BCUT2D eigenvalue weighted by Crippen LogP contribution is -2.48. The van der Waals surface area contributed by atoms with Gasteiger partial charge in [0.15, 0.2) is 5.82 Å². The van der Waals surface area contributed by atoms with Gasteiger partial charge >= 0.3 is 0 Å². The summed E-state index contributed by atoms with van der Waals surface area (Å²) in [5.41, 5.74) is 0.513. The van der Waals surface area contributed by atoms with Crippen LogP contribution in [0.1, 0.15) is 37.8 Å². The van der Waals surface area contributed by atoms with Crippen LogP contribution in [0, 0.1) is 0 Å². The fraction of sp³-hybridized carbons (Fsp3) is 0.692. The molecule has 1 spiro atoms. The van der Waals surface area contributed by atoms with Crippen molar-refractivity contribution in [1.29, 1.82) is 0 Å². The summed E-state index contributed by atoms with van der Waals surface area (Å²) >= 11 is 6.00. The Hall–Kier alpha value is -0.720. The molecule has 0 radical (unpaired) electrons. The predicted octanol–water partition coefficient (Wildman–Crippen LogP) is 1.60. The molecule has 1 aromatic rings. The molecule has 4 rings (SSSR count). The van der Waals surface area contributed by atoms with E-state index >= 15 is 0 Å². The van der Waals surface area contributed by atoms with Gasteiger partial charge in [-0.2, -0.15) is 4.98 Å². The second kappa shape index (κ2) is 4.15. The van der Waals surface area contributed by atoms with E-state index < -0.39 is 10.8 Å². The summed E-state index contributed by atoms with van der Waals surface area (Å²) in [6.07, 6.45) is 5.65. The summed E-state index contributed by atoms with van der Waals surface area (Å²) in [5.74, 6) is 0.582. The molecule has 3 aliphatic rings. The van der Waals surface area contributed by atoms with Gasteiger partial charge in [0.05, 0.1) is 12.1 Å². The molecule has 0 aromatic carbocycles. The van der Waals surface area contributed by atoms with Gasteiger partial charge in [0.1, 0.15) is 21.2 Å². The molecular weight excluding hydrogens is 298 g/mol. The molecule has 2 fully saturated rings. The van der Waals surface area contributed by atoms with E-state index in [2.05, 4.69) is 15.3 Å². The van der Waals surface area contributed by atoms with E-state index in [0.717, 1.165) is 49.1 Å². The van der Waals surface area contributed by atoms with Crippen LogP contribution in [0.4, 0.5) is 5.82 Å². The lowest BCUT2D eigenvalue weighted by atomic mass is 9.77. The van der Waals surface area contributed by atoms with Crippen LogP contribution >= 0.6 is 11.6 Å². The monoisotopic (exact) mass is 314 g/mol. The van der Waals surface area contributed by atoms with E-state index in [1.807, 2.05) is 0 Å². The third kappa shape index (κ3) is 1.74. The minimum Gasteiger partial charge on any atom is -0.394 e. The summed E-state index contributed by atoms with van der Waals surface area (Å²) in [7, 11) is -1.46. The highest BCUT2D eigenvalue weighted by Crippen LogP contribution is 2.54. The first-order chi connectivity index (χ1) is 9.57. The summed E-state index contributed by atoms with van der Waals surface area (Å²) in [5, 5.41) is 13.1. The number of nitrogens with one attached hydrogen (secondary N) is 1. The lowest BCUT2D eigenvalue weighted by molar-refractivity contribution is 0.143. The Bertz CT molecular complexity index is 608. The first-order valence-corrected chi connectivity index (χ1v) is 8.64. The van der Waals surface area contributed by atoms with Crippen molar-refractivity contribution in [2.45, 2.75) is 53.7 Å². The minimum absolute atomic E-state index is 0.0608. The van der Waals surface area contributed by atoms with Crippen LogP contribution in [0.5, 0.6) is 0 Å². The number of thiol groups is 1. The molecule has 1 atom stereocenters. The van der Waals surface area contributed by atoms with E-state index in [4.69, 9.17) is 11.6 Å². The maximum atomic E-state index is 12.7. The van der Waals surface area contributed by atoms with Gasteiger partial charge in [-0.3, -0.25) is 0 Å². The number of aliphatic hydroxyl groups excluding tert-OH is 1. The topological polar surface area (TPSA) is 75.1 Å². The van der Waals surface area contributed by atoms with Crippen LogP contribution in [0.25, 0.3) is 0 Å².